The van der Waals surface area contributed by atoms with Gasteiger partial charge in [0.2, 0.25) is 5.91 Å². The highest BCUT2D eigenvalue weighted by Gasteiger charge is 2.48. The van der Waals surface area contributed by atoms with Crippen molar-refractivity contribution in [1.29, 1.82) is 0 Å². The van der Waals surface area contributed by atoms with Gasteiger partial charge in [0, 0.05) is 24.7 Å². The van der Waals surface area contributed by atoms with Gasteiger partial charge in [-0.15, -0.1) is 0 Å². The third kappa shape index (κ3) is 4.19. The molecule has 7 nitrogen and oxygen atoms in total. The van der Waals surface area contributed by atoms with Gasteiger partial charge in [-0.2, -0.15) is 0 Å². The van der Waals surface area contributed by atoms with Crippen LogP contribution in [-0.4, -0.2) is 63.9 Å². The molecule has 0 bridgehead atoms. The standard InChI is InChI=1S/C25H38N4O3/c1-5-27(6-2)13-10-14-29-23(30)21-16-22-20(15-18(3)32-22)28(21)17-25(29,4)24(31)26-19-11-8-7-9-12-19/h15-16,19H,5-14,17H2,1-4H3,(H,26,31). The second-order valence-electron chi connectivity index (χ2n) is 9.64. The lowest BCUT2D eigenvalue weighted by Crippen LogP contribution is -2.65. The van der Waals surface area contributed by atoms with E-state index in [2.05, 4.69) is 24.1 Å². The first-order chi connectivity index (χ1) is 15.4. The summed E-state index contributed by atoms with van der Waals surface area (Å²) in [6.07, 6.45) is 6.45. The number of furan rings is 1. The number of hydrogen-bond acceptors (Lipinski definition) is 4. The molecule has 0 spiro atoms. The number of fused-ring (bicyclic) bond motifs is 3. The van der Waals surface area contributed by atoms with Crippen molar-refractivity contribution in [2.24, 2.45) is 0 Å². The summed E-state index contributed by atoms with van der Waals surface area (Å²) in [7, 11) is 0. The van der Waals surface area contributed by atoms with Crippen LogP contribution < -0.4 is 5.32 Å². The third-order valence-corrected chi connectivity index (χ3v) is 7.42. The minimum Gasteiger partial charge on any atom is -0.460 e. The Labute approximate surface area is 191 Å². The van der Waals surface area contributed by atoms with Crippen LogP contribution in [0, 0.1) is 6.92 Å². The largest absolute Gasteiger partial charge is 0.460 e. The van der Waals surface area contributed by atoms with Crippen LogP contribution in [0.15, 0.2) is 16.5 Å². The maximum Gasteiger partial charge on any atom is 0.271 e. The Morgan fingerprint density at radius 3 is 2.62 bits per heavy atom. The summed E-state index contributed by atoms with van der Waals surface area (Å²) in [6, 6.07) is 4.00. The summed E-state index contributed by atoms with van der Waals surface area (Å²) in [5.74, 6) is 0.696. The van der Waals surface area contributed by atoms with Crippen LogP contribution in [0.25, 0.3) is 11.1 Å². The molecule has 1 N–H and O–H groups in total. The number of nitrogens with one attached hydrogen (secondary N) is 1. The molecule has 0 aromatic carbocycles. The Morgan fingerprint density at radius 2 is 1.94 bits per heavy atom. The molecule has 4 rings (SSSR count). The van der Waals surface area contributed by atoms with Crippen LogP contribution in [0.4, 0.5) is 0 Å². The van der Waals surface area contributed by atoms with E-state index in [1.807, 2.05) is 35.4 Å². The highest BCUT2D eigenvalue weighted by atomic mass is 16.3. The highest BCUT2D eigenvalue weighted by Crippen LogP contribution is 2.34. The Hall–Kier alpha value is -2.28. The topological polar surface area (TPSA) is 70.7 Å². The molecule has 1 aliphatic heterocycles. The van der Waals surface area contributed by atoms with Crippen molar-refractivity contribution in [3.8, 4) is 0 Å². The number of aromatic nitrogens is 1. The number of carbonyl (C=O) groups excluding carboxylic acids is 2. The fraction of sp³-hybridized carbons (Fsp3) is 0.680. The predicted molar refractivity (Wildman–Crippen MR) is 126 cm³/mol. The summed E-state index contributed by atoms with van der Waals surface area (Å²) in [5, 5.41) is 3.30. The van der Waals surface area contributed by atoms with E-state index in [4.69, 9.17) is 4.42 Å². The number of hydrogen-bond donors (Lipinski definition) is 1. The van der Waals surface area contributed by atoms with Gasteiger partial charge in [-0.3, -0.25) is 9.59 Å². The average Bonchev–Trinajstić information content (AvgIpc) is 3.30. The summed E-state index contributed by atoms with van der Waals surface area (Å²) < 4.78 is 7.78. The molecule has 32 heavy (non-hydrogen) atoms. The first-order valence-corrected chi connectivity index (χ1v) is 12.3. The van der Waals surface area contributed by atoms with E-state index >= 15 is 0 Å². The normalized spacial score (nSPS) is 22.0. The maximum atomic E-state index is 13.7. The monoisotopic (exact) mass is 442 g/mol. The van der Waals surface area contributed by atoms with Gasteiger partial charge in [0.25, 0.3) is 5.91 Å². The van der Waals surface area contributed by atoms with E-state index in [1.165, 1.54) is 6.42 Å². The molecule has 1 saturated carbocycles. The second kappa shape index (κ2) is 9.30. The molecule has 176 valence electrons. The smallest absolute Gasteiger partial charge is 0.271 e. The Bertz CT molecular complexity index is 967. The maximum absolute atomic E-state index is 13.7. The lowest BCUT2D eigenvalue weighted by Gasteiger charge is -2.45. The Balaban J connectivity index is 1.62. The summed E-state index contributed by atoms with van der Waals surface area (Å²) in [4.78, 5) is 31.5. The van der Waals surface area contributed by atoms with Crippen LogP contribution in [0.5, 0.6) is 0 Å². The van der Waals surface area contributed by atoms with Crippen molar-refractivity contribution in [2.45, 2.75) is 84.3 Å². The molecule has 3 heterocycles. The zero-order valence-corrected chi connectivity index (χ0v) is 20.1. The first-order valence-electron chi connectivity index (χ1n) is 12.3. The van der Waals surface area contributed by atoms with Crippen molar-refractivity contribution in [3.05, 3.63) is 23.6 Å². The van der Waals surface area contributed by atoms with Crippen molar-refractivity contribution in [3.63, 3.8) is 0 Å². The molecule has 2 aromatic heterocycles. The number of carbonyl (C=O) groups is 2. The third-order valence-electron chi connectivity index (χ3n) is 7.42. The average molecular weight is 443 g/mol. The molecular formula is C25H38N4O3. The zero-order chi connectivity index (χ0) is 22.9. The van der Waals surface area contributed by atoms with E-state index < -0.39 is 5.54 Å². The number of aryl methyl sites for hydroxylation is 1. The van der Waals surface area contributed by atoms with Gasteiger partial charge in [-0.25, -0.2) is 0 Å². The van der Waals surface area contributed by atoms with E-state index in [9.17, 15) is 9.59 Å². The van der Waals surface area contributed by atoms with Gasteiger partial charge in [-0.05, 0) is 52.7 Å². The van der Waals surface area contributed by atoms with Crippen molar-refractivity contribution in [2.75, 3.05) is 26.2 Å². The number of amides is 2. The summed E-state index contributed by atoms with van der Waals surface area (Å²) in [5.41, 5.74) is 1.29. The summed E-state index contributed by atoms with van der Waals surface area (Å²) in [6.45, 7) is 12.1. The van der Waals surface area contributed by atoms with E-state index in [0.29, 0.717) is 24.4 Å². The Morgan fingerprint density at radius 1 is 1.22 bits per heavy atom. The van der Waals surface area contributed by atoms with Crippen molar-refractivity contribution in [1.82, 2.24) is 19.7 Å². The quantitative estimate of drug-likeness (QED) is 0.672. The molecule has 7 heteroatoms. The fourth-order valence-corrected chi connectivity index (χ4v) is 5.39. The van der Waals surface area contributed by atoms with Crippen LogP contribution in [-0.2, 0) is 11.3 Å². The number of rotatable bonds is 8. The lowest BCUT2D eigenvalue weighted by molar-refractivity contribution is -0.133. The molecule has 1 atom stereocenters. The van der Waals surface area contributed by atoms with Gasteiger partial charge >= 0.3 is 0 Å². The predicted octanol–water partition coefficient (Wildman–Crippen LogP) is 3.94. The van der Waals surface area contributed by atoms with Crippen molar-refractivity contribution >= 4 is 22.9 Å². The van der Waals surface area contributed by atoms with Gasteiger partial charge in [0.05, 0.1) is 12.1 Å². The number of nitrogens with zero attached hydrogens (tertiary/aromatic N) is 3. The fourth-order valence-electron chi connectivity index (χ4n) is 5.39. The van der Waals surface area contributed by atoms with Gasteiger partial charge in [0.1, 0.15) is 17.0 Å². The van der Waals surface area contributed by atoms with Crippen LogP contribution >= 0.6 is 0 Å². The molecule has 2 aromatic rings. The van der Waals surface area contributed by atoms with Crippen LogP contribution in [0.1, 0.15) is 75.5 Å². The molecule has 1 fully saturated rings. The second-order valence-corrected chi connectivity index (χ2v) is 9.64. The van der Waals surface area contributed by atoms with E-state index in [-0.39, 0.29) is 17.9 Å². The molecule has 2 aliphatic rings. The molecule has 0 saturated heterocycles. The van der Waals surface area contributed by atoms with E-state index in [1.54, 1.807) is 0 Å². The minimum absolute atomic E-state index is 0.0340. The van der Waals surface area contributed by atoms with Gasteiger partial charge in [-0.1, -0.05) is 33.1 Å². The molecule has 2 amide bonds. The van der Waals surface area contributed by atoms with Gasteiger partial charge < -0.3 is 24.1 Å². The summed E-state index contributed by atoms with van der Waals surface area (Å²) >= 11 is 0. The van der Waals surface area contributed by atoms with Crippen LogP contribution in [0.3, 0.4) is 0 Å². The van der Waals surface area contributed by atoms with E-state index in [0.717, 1.165) is 63.0 Å². The molecule has 0 radical (unpaired) electrons. The van der Waals surface area contributed by atoms with Crippen molar-refractivity contribution < 1.29 is 14.0 Å². The lowest BCUT2D eigenvalue weighted by atomic mass is 9.91. The van der Waals surface area contributed by atoms with Gasteiger partial charge in [0.15, 0.2) is 5.58 Å². The molecular weight excluding hydrogens is 404 g/mol. The minimum atomic E-state index is -0.929. The first kappa shape index (κ1) is 22.9. The molecule has 1 aliphatic carbocycles. The van der Waals surface area contributed by atoms with Crippen LogP contribution in [0.2, 0.25) is 0 Å². The SMILES string of the molecule is CCN(CC)CCCN1C(=O)c2cc3oc(C)cc3n2CC1(C)C(=O)NC1CCCCC1. The highest BCUT2D eigenvalue weighted by molar-refractivity contribution is 6.03. The Kier molecular flexibility index (Phi) is 6.65. The zero-order valence-electron chi connectivity index (χ0n) is 20.1. The molecule has 1 unspecified atom stereocenters.